The number of piperazine rings is 1. The number of nitrogens with zero attached hydrogens (tertiary/aromatic N) is 4. The highest BCUT2D eigenvalue weighted by Gasteiger charge is 2.26. The third-order valence-electron chi connectivity index (χ3n) is 4.90. The van der Waals surface area contributed by atoms with Crippen LogP contribution in [0.1, 0.15) is 44.9 Å². The summed E-state index contributed by atoms with van der Waals surface area (Å²) < 4.78 is 5.72. The summed E-state index contributed by atoms with van der Waals surface area (Å²) in [4.78, 5) is 28.0. The lowest BCUT2D eigenvalue weighted by Crippen LogP contribution is -2.49. The Morgan fingerprint density at radius 1 is 1.15 bits per heavy atom. The SMILES string of the molecule is Cc1cc(C)nc(N2CCN(C(=O)c3ccc(C4CCCO4)s3)CC2)n1. The summed E-state index contributed by atoms with van der Waals surface area (Å²) in [5.41, 5.74) is 1.96. The smallest absolute Gasteiger partial charge is 0.264 e. The van der Waals surface area contributed by atoms with Gasteiger partial charge >= 0.3 is 0 Å². The second-order valence-electron chi connectivity index (χ2n) is 6.93. The van der Waals surface area contributed by atoms with E-state index in [1.54, 1.807) is 11.3 Å². The zero-order valence-electron chi connectivity index (χ0n) is 15.3. The minimum Gasteiger partial charge on any atom is -0.373 e. The van der Waals surface area contributed by atoms with Gasteiger partial charge in [0.15, 0.2) is 0 Å². The Kier molecular flexibility index (Phi) is 4.91. The Morgan fingerprint density at radius 3 is 2.54 bits per heavy atom. The topological polar surface area (TPSA) is 58.6 Å². The summed E-state index contributed by atoms with van der Waals surface area (Å²) in [6.07, 6.45) is 2.34. The highest BCUT2D eigenvalue weighted by molar-refractivity contribution is 7.14. The van der Waals surface area contributed by atoms with Crippen molar-refractivity contribution >= 4 is 23.2 Å². The third kappa shape index (κ3) is 3.59. The number of carbonyl (C=O) groups is 1. The minimum absolute atomic E-state index is 0.125. The largest absolute Gasteiger partial charge is 0.373 e. The van der Waals surface area contributed by atoms with Crippen LogP contribution in [0, 0.1) is 13.8 Å². The molecule has 138 valence electrons. The summed E-state index contributed by atoms with van der Waals surface area (Å²) in [6, 6.07) is 5.97. The zero-order valence-corrected chi connectivity index (χ0v) is 16.1. The van der Waals surface area contributed by atoms with E-state index in [2.05, 4.69) is 14.9 Å². The van der Waals surface area contributed by atoms with E-state index in [4.69, 9.17) is 4.74 Å². The molecule has 26 heavy (non-hydrogen) atoms. The maximum Gasteiger partial charge on any atom is 0.264 e. The highest BCUT2D eigenvalue weighted by Crippen LogP contribution is 2.33. The van der Waals surface area contributed by atoms with Crippen molar-refractivity contribution in [2.45, 2.75) is 32.8 Å². The van der Waals surface area contributed by atoms with Gasteiger partial charge in [-0.3, -0.25) is 4.79 Å². The lowest BCUT2D eigenvalue weighted by Gasteiger charge is -2.34. The minimum atomic E-state index is 0.125. The molecule has 0 radical (unpaired) electrons. The first-order chi connectivity index (χ1) is 12.6. The molecule has 0 saturated carbocycles. The van der Waals surface area contributed by atoms with Gasteiger partial charge < -0.3 is 14.5 Å². The molecule has 4 heterocycles. The fourth-order valence-electron chi connectivity index (χ4n) is 3.56. The Balaban J connectivity index is 1.39. The molecule has 2 aliphatic rings. The Labute approximate surface area is 157 Å². The van der Waals surface area contributed by atoms with Crippen molar-refractivity contribution in [3.63, 3.8) is 0 Å². The molecule has 0 aromatic carbocycles. The van der Waals surface area contributed by atoms with Crippen molar-refractivity contribution in [2.24, 2.45) is 0 Å². The van der Waals surface area contributed by atoms with Crippen LogP contribution in [0.15, 0.2) is 18.2 Å². The average Bonchev–Trinajstić information content (AvgIpc) is 3.32. The van der Waals surface area contributed by atoms with Crippen molar-refractivity contribution in [1.82, 2.24) is 14.9 Å². The number of ether oxygens (including phenoxy) is 1. The van der Waals surface area contributed by atoms with Crippen molar-refractivity contribution in [3.8, 4) is 0 Å². The Morgan fingerprint density at radius 2 is 1.88 bits per heavy atom. The van der Waals surface area contributed by atoms with E-state index < -0.39 is 0 Å². The summed E-state index contributed by atoms with van der Waals surface area (Å²) in [7, 11) is 0. The van der Waals surface area contributed by atoms with Crippen LogP contribution in [-0.4, -0.2) is 53.6 Å². The molecule has 2 aliphatic heterocycles. The quantitative estimate of drug-likeness (QED) is 0.829. The van der Waals surface area contributed by atoms with Gasteiger partial charge in [-0.1, -0.05) is 0 Å². The number of aryl methyl sites for hydroxylation is 2. The van der Waals surface area contributed by atoms with Crippen molar-refractivity contribution in [2.75, 3.05) is 37.7 Å². The number of hydrogen-bond acceptors (Lipinski definition) is 6. The van der Waals surface area contributed by atoms with Gasteiger partial charge in [0, 0.05) is 49.1 Å². The molecular formula is C19H24N4O2S. The average molecular weight is 372 g/mol. The third-order valence-corrected chi connectivity index (χ3v) is 6.07. The van der Waals surface area contributed by atoms with Gasteiger partial charge in [-0.15, -0.1) is 11.3 Å². The molecule has 1 atom stereocenters. The van der Waals surface area contributed by atoms with E-state index in [9.17, 15) is 4.79 Å². The molecule has 6 nitrogen and oxygen atoms in total. The molecule has 0 aliphatic carbocycles. The van der Waals surface area contributed by atoms with Crippen LogP contribution in [0.4, 0.5) is 5.95 Å². The molecule has 1 amide bonds. The van der Waals surface area contributed by atoms with E-state index >= 15 is 0 Å². The number of carbonyl (C=O) groups excluding carboxylic acids is 1. The van der Waals surface area contributed by atoms with Crippen LogP contribution in [-0.2, 0) is 4.74 Å². The Hall–Kier alpha value is -1.99. The number of hydrogen-bond donors (Lipinski definition) is 0. The first kappa shape index (κ1) is 17.4. The van der Waals surface area contributed by atoms with Gasteiger partial charge in [0.05, 0.1) is 11.0 Å². The molecule has 2 aromatic heterocycles. The van der Waals surface area contributed by atoms with Crippen LogP contribution >= 0.6 is 11.3 Å². The van der Waals surface area contributed by atoms with Crippen molar-refractivity contribution in [1.29, 1.82) is 0 Å². The highest BCUT2D eigenvalue weighted by atomic mass is 32.1. The van der Waals surface area contributed by atoms with Crippen LogP contribution in [0.3, 0.4) is 0 Å². The zero-order chi connectivity index (χ0) is 18.1. The van der Waals surface area contributed by atoms with E-state index in [0.717, 1.165) is 54.8 Å². The van der Waals surface area contributed by atoms with Gasteiger partial charge in [0.25, 0.3) is 5.91 Å². The number of aromatic nitrogens is 2. The summed E-state index contributed by atoms with van der Waals surface area (Å²) in [5, 5.41) is 0. The molecule has 1 unspecified atom stereocenters. The van der Waals surface area contributed by atoms with Crippen molar-refractivity contribution in [3.05, 3.63) is 39.3 Å². The van der Waals surface area contributed by atoms with Gasteiger partial charge in [0.1, 0.15) is 0 Å². The predicted octanol–water partition coefficient (Wildman–Crippen LogP) is 2.97. The lowest BCUT2D eigenvalue weighted by atomic mass is 10.2. The lowest BCUT2D eigenvalue weighted by molar-refractivity contribution is 0.0751. The summed E-state index contributed by atoms with van der Waals surface area (Å²) in [6.45, 7) is 7.72. The molecule has 2 saturated heterocycles. The number of amides is 1. The first-order valence-corrected chi connectivity index (χ1v) is 9.99. The molecule has 0 bridgehead atoms. The Bertz CT molecular complexity index is 772. The molecule has 0 spiro atoms. The van der Waals surface area contributed by atoms with Gasteiger partial charge in [-0.05, 0) is 44.9 Å². The van der Waals surface area contributed by atoms with Gasteiger partial charge in [-0.2, -0.15) is 0 Å². The van der Waals surface area contributed by atoms with Crippen molar-refractivity contribution < 1.29 is 9.53 Å². The molecule has 0 N–H and O–H groups in total. The van der Waals surface area contributed by atoms with Crippen LogP contribution in [0.2, 0.25) is 0 Å². The van der Waals surface area contributed by atoms with E-state index in [-0.39, 0.29) is 12.0 Å². The molecule has 2 aromatic rings. The van der Waals surface area contributed by atoms with Crippen LogP contribution < -0.4 is 4.90 Å². The van der Waals surface area contributed by atoms with E-state index in [1.165, 1.54) is 4.88 Å². The maximum absolute atomic E-state index is 12.8. The number of rotatable bonds is 3. The molecular weight excluding hydrogens is 348 g/mol. The summed E-state index contributed by atoms with van der Waals surface area (Å²) in [5.74, 6) is 0.895. The molecule has 4 rings (SSSR count). The van der Waals surface area contributed by atoms with Gasteiger partial charge in [-0.25, -0.2) is 9.97 Å². The van der Waals surface area contributed by atoms with Crippen LogP contribution in [0.5, 0.6) is 0 Å². The monoisotopic (exact) mass is 372 g/mol. The standard InChI is InChI=1S/C19H24N4O2S/c1-13-12-14(2)21-19(20-13)23-9-7-22(8-10-23)18(24)17-6-5-16(26-17)15-4-3-11-25-15/h5-6,12,15H,3-4,7-11H2,1-2H3. The molecule has 2 fully saturated rings. The summed E-state index contributed by atoms with van der Waals surface area (Å²) >= 11 is 1.58. The fourth-order valence-corrected chi connectivity index (χ4v) is 4.62. The second kappa shape index (κ2) is 7.32. The molecule has 7 heteroatoms. The normalized spacial score (nSPS) is 20.6. The van der Waals surface area contributed by atoms with Gasteiger partial charge in [0.2, 0.25) is 5.95 Å². The van der Waals surface area contributed by atoms with E-state index in [1.807, 2.05) is 36.9 Å². The fraction of sp³-hybridized carbons (Fsp3) is 0.526. The van der Waals surface area contributed by atoms with E-state index in [0.29, 0.717) is 13.1 Å². The second-order valence-corrected chi connectivity index (χ2v) is 8.05. The first-order valence-electron chi connectivity index (χ1n) is 9.18. The number of anilines is 1. The number of thiophene rings is 1. The maximum atomic E-state index is 12.8. The van der Waals surface area contributed by atoms with Crippen LogP contribution in [0.25, 0.3) is 0 Å². The predicted molar refractivity (Wildman–Crippen MR) is 102 cm³/mol.